The number of hydrogen-bond acceptors (Lipinski definition) is 3. The first-order valence-electron chi connectivity index (χ1n) is 6.81. The second-order valence-electron chi connectivity index (χ2n) is 5.36. The lowest BCUT2D eigenvalue weighted by molar-refractivity contribution is 0.0358. The first-order valence-corrected chi connectivity index (χ1v) is 6.81. The quantitative estimate of drug-likeness (QED) is 0.914. The van der Waals surface area contributed by atoms with E-state index in [2.05, 4.69) is 35.2 Å². The van der Waals surface area contributed by atoms with E-state index in [0.717, 1.165) is 30.8 Å². The van der Waals surface area contributed by atoms with Crippen molar-refractivity contribution in [3.63, 3.8) is 0 Å². The summed E-state index contributed by atoms with van der Waals surface area (Å²) in [6.45, 7) is 4.88. The van der Waals surface area contributed by atoms with E-state index >= 15 is 0 Å². The Morgan fingerprint density at radius 3 is 3.05 bits per heavy atom. The van der Waals surface area contributed by atoms with E-state index in [9.17, 15) is 5.11 Å². The number of nitrogens with zero attached hydrogens (tertiary/aromatic N) is 3. The Morgan fingerprint density at radius 1 is 1.42 bits per heavy atom. The summed E-state index contributed by atoms with van der Waals surface area (Å²) in [6.07, 6.45) is 3.81. The van der Waals surface area contributed by atoms with Crippen LogP contribution >= 0.6 is 0 Å². The van der Waals surface area contributed by atoms with Gasteiger partial charge in [-0.05, 0) is 37.8 Å². The maximum absolute atomic E-state index is 11.0. The standard InChI is InChI=1S/C15H19N3O/c1-3-18-14(16-10-17-18)9-15(19)7-6-12-5-4-11(2)8-13(12)15/h4-5,8,10,19H,3,6-7,9H2,1-2H3. The zero-order valence-corrected chi connectivity index (χ0v) is 11.4. The Morgan fingerprint density at radius 2 is 2.26 bits per heavy atom. The second kappa shape index (κ2) is 4.46. The molecule has 0 fully saturated rings. The number of aryl methyl sites for hydroxylation is 3. The Bertz CT molecular complexity index is 605. The third-order valence-electron chi connectivity index (χ3n) is 4.02. The normalized spacial score (nSPS) is 21.6. The number of rotatable bonds is 3. The summed E-state index contributed by atoms with van der Waals surface area (Å²) >= 11 is 0. The molecule has 19 heavy (non-hydrogen) atoms. The first-order chi connectivity index (χ1) is 9.12. The SMILES string of the molecule is CCn1ncnc1CC1(O)CCc2ccc(C)cc21. The molecule has 0 saturated heterocycles. The molecule has 1 aromatic heterocycles. The van der Waals surface area contributed by atoms with Crippen molar-refractivity contribution in [2.75, 3.05) is 0 Å². The van der Waals surface area contributed by atoms with E-state index in [-0.39, 0.29) is 0 Å². The summed E-state index contributed by atoms with van der Waals surface area (Å²) in [6, 6.07) is 6.35. The summed E-state index contributed by atoms with van der Waals surface area (Å²) in [5.41, 5.74) is 2.73. The summed E-state index contributed by atoms with van der Waals surface area (Å²) in [5, 5.41) is 15.2. The van der Waals surface area contributed by atoms with Crippen LogP contribution in [0, 0.1) is 6.92 Å². The lowest BCUT2D eigenvalue weighted by Gasteiger charge is -2.24. The van der Waals surface area contributed by atoms with E-state index in [1.54, 1.807) is 6.33 Å². The van der Waals surface area contributed by atoms with Gasteiger partial charge in [-0.1, -0.05) is 23.8 Å². The smallest absolute Gasteiger partial charge is 0.138 e. The molecule has 0 spiro atoms. The summed E-state index contributed by atoms with van der Waals surface area (Å²) < 4.78 is 1.85. The van der Waals surface area contributed by atoms with E-state index in [4.69, 9.17) is 0 Å². The minimum absolute atomic E-state index is 0.539. The first kappa shape index (κ1) is 12.4. The summed E-state index contributed by atoms with van der Waals surface area (Å²) in [4.78, 5) is 4.28. The summed E-state index contributed by atoms with van der Waals surface area (Å²) in [5.74, 6) is 0.861. The van der Waals surface area contributed by atoms with Gasteiger partial charge in [0, 0.05) is 13.0 Å². The molecule has 0 amide bonds. The highest BCUT2D eigenvalue weighted by Gasteiger charge is 2.37. The second-order valence-corrected chi connectivity index (χ2v) is 5.36. The Hall–Kier alpha value is -1.68. The van der Waals surface area contributed by atoms with Gasteiger partial charge >= 0.3 is 0 Å². The van der Waals surface area contributed by atoms with Gasteiger partial charge in [-0.3, -0.25) is 4.68 Å². The third kappa shape index (κ3) is 2.06. The van der Waals surface area contributed by atoms with Crippen LogP contribution in [0.2, 0.25) is 0 Å². The number of aromatic nitrogens is 3. The Labute approximate surface area is 113 Å². The molecule has 3 rings (SSSR count). The van der Waals surface area contributed by atoms with Gasteiger partial charge < -0.3 is 5.11 Å². The number of benzene rings is 1. The van der Waals surface area contributed by atoms with Gasteiger partial charge in [0.15, 0.2) is 0 Å². The van der Waals surface area contributed by atoms with Crippen LogP contribution in [0.15, 0.2) is 24.5 Å². The minimum atomic E-state index is -0.790. The average Bonchev–Trinajstić information content (AvgIpc) is 2.96. The average molecular weight is 257 g/mol. The van der Waals surface area contributed by atoms with Crippen molar-refractivity contribution in [1.29, 1.82) is 0 Å². The molecule has 4 nitrogen and oxygen atoms in total. The van der Waals surface area contributed by atoms with Crippen molar-refractivity contribution in [2.24, 2.45) is 0 Å². The van der Waals surface area contributed by atoms with Crippen LogP contribution in [-0.2, 0) is 25.0 Å². The number of fused-ring (bicyclic) bond motifs is 1. The molecule has 1 aliphatic rings. The molecule has 100 valence electrons. The predicted molar refractivity (Wildman–Crippen MR) is 72.8 cm³/mol. The van der Waals surface area contributed by atoms with Crippen LogP contribution in [0.5, 0.6) is 0 Å². The molecule has 1 unspecified atom stereocenters. The number of hydrogen-bond donors (Lipinski definition) is 1. The van der Waals surface area contributed by atoms with Gasteiger partial charge in [-0.2, -0.15) is 5.10 Å². The fraction of sp³-hybridized carbons (Fsp3) is 0.467. The molecule has 1 heterocycles. The topological polar surface area (TPSA) is 50.9 Å². The van der Waals surface area contributed by atoms with Crippen LogP contribution in [0.1, 0.15) is 35.9 Å². The van der Waals surface area contributed by atoms with Gasteiger partial charge in [-0.15, -0.1) is 0 Å². The lowest BCUT2D eigenvalue weighted by Crippen LogP contribution is -2.27. The molecular formula is C15H19N3O. The zero-order valence-electron chi connectivity index (χ0n) is 11.4. The highest BCUT2D eigenvalue weighted by atomic mass is 16.3. The molecule has 0 saturated carbocycles. The molecule has 0 radical (unpaired) electrons. The molecule has 1 aliphatic carbocycles. The Balaban J connectivity index is 1.96. The monoisotopic (exact) mass is 257 g/mol. The van der Waals surface area contributed by atoms with Crippen LogP contribution < -0.4 is 0 Å². The van der Waals surface area contributed by atoms with Gasteiger partial charge in [0.25, 0.3) is 0 Å². The van der Waals surface area contributed by atoms with Crippen molar-refractivity contribution in [2.45, 2.75) is 45.3 Å². The van der Waals surface area contributed by atoms with Crippen molar-refractivity contribution < 1.29 is 5.11 Å². The van der Waals surface area contributed by atoms with Crippen LogP contribution in [0.3, 0.4) is 0 Å². The Kier molecular flexibility index (Phi) is 2.90. The van der Waals surface area contributed by atoms with Crippen LogP contribution in [0.25, 0.3) is 0 Å². The predicted octanol–water partition coefficient (Wildman–Crippen LogP) is 1.98. The highest BCUT2D eigenvalue weighted by Crippen LogP contribution is 2.39. The molecule has 0 aliphatic heterocycles. The van der Waals surface area contributed by atoms with E-state index in [0.29, 0.717) is 6.42 Å². The molecule has 1 aromatic carbocycles. The van der Waals surface area contributed by atoms with Gasteiger partial charge in [0.2, 0.25) is 0 Å². The molecular weight excluding hydrogens is 238 g/mol. The zero-order chi connectivity index (χ0) is 13.5. The molecule has 1 N–H and O–H groups in total. The fourth-order valence-corrected chi connectivity index (χ4v) is 2.95. The number of aliphatic hydroxyl groups is 1. The molecule has 2 aromatic rings. The minimum Gasteiger partial charge on any atom is -0.385 e. The maximum atomic E-state index is 11.0. The van der Waals surface area contributed by atoms with E-state index < -0.39 is 5.60 Å². The van der Waals surface area contributed by atoms with Crippen LogP contribution in [-0.4, -0.2) is 19.9 Å². The van der Waals surface area contributed by atoms with Crippen LogP contribution in [0.4, 0.5) is 0 Å². The van der Waals surface area contributed by atoms with E-state index in [1.165, 1.54) is 11.1 Å². The molecule has 0 bridgehead atoms. The maximum Gasteiger partial charge on any atom is 0.138 e. The molecule has 1 atom stereocenters. The van der Waals surface area contributed by atoms with Gasteiger partial charge in [0.1, 0.15) is 12.2 Å². The summed E-state index contributed by atoms with van der Waals surface area (Å²) in [7, 11) is 0. The van der Waals surface area contributed by atoms with Gasteiger partial charge in [-0.25, -0.2) is 4.98 Å². The van der Waals surface area contributed by atoms with Gasteiger partial charge in [0.05, 0.1) is 5.60 Å². The van der Waals surface area contributed by atoms with Crippen molar-refractivity contribution in [3.8, 4) is 0 Å². The van der Waals surface area contributed by atoms with E-state index in [1.807, 2.05) is 11.6 Å². The van der Waals surface area contributed by atoms with Crippen molar-refractivity contribution >= 4 is 0 Å². The third-order valence-corrected chi connectivity index (χ3v) is 4.02. The lowest BCUT2D eigenvalue weighted by atomic mass is 9.91. The largest absolute Gasteiger partial charge is 0.385 e. The van der Waals surface area contributed by atoms with Crippen molar-refractivity contribution in [1.82, 2.24) is 14.8 Å². The molecule has 4 heteroatoms. The fourth-order valence-electron chi connectivity index (χ4n) is 2.95. The van der Waals surface area contributed by atoms with Crippen molar-refractivity contribution in [3.05, 3.63) is 47.0 Å². The highest BCUT2D eigenvalue weighted by molar-refractivity contribution is 5.40.